The fourth-order valence-corrected chi connectivity index (χ4v) is 2.05. The van der Waals surface area contributed by atoms with Gasteiger partial charge in [0.2, 0.25) is 0 Å². The third-order valence-electron chi connectivity index (χ3n) is 3.04. The lowest BCUT2D eigenvalue weighted by Gasteiger charge is -2.21. The summed E-state index contributed by atoms with van der Waals surface area (Å²) in [5.41, 5.74) is 7.67. The van der Waals surface area contributed by atoms with Crippen LogP contribution in [0.15, 0.2) is 24.3 Å². The van der Waals surface area contributed by atoms with Crippen LogP contribution in [0, 0.1) is 0 Å². The van der Waals surface area contributed by atoms with E-state index in [-0.39, 0.29) is 5.97 Å². The zero-order valence-electron chi connectivity index (χ0n) is 10.8. The number of anilines is 1. The SMILES string of the molecule is CCOC(=O)CN(Cc1cccc(N)c1)C1CC1. The maximum Gasteiger partial charge on any atom is 0.320 e. The summed E-state index contributed by atoms with van der Waals surface area (Å²) < 4.78 is 5.01. The summed E-state index contributed by atoms with van der Waals surface area (Å²) in [6.45, 7) is 3.40. The highest BCUT2D eigenvalue weighted by molar-refractivity contribution is 5.71. The average Bonchev–Trinajstić information content (AvgIpc) is 3.12. The highest BCUT2D eigenvalue weighted by atomic mass is 16.5. The average molecular weight is 248 g/mol. The van der Waals surface area contributed by atoms with Gasteiger partial charge in [-0.25, -0.2) is 0 Å². The lowest BCUT2D eigenvalue weighted by molar-refractivity contribution is -0.144. The van der Waals surface area contributed by atoms with Crippen LogP contribution in [-0.2, 0) is 16.1 Å². The van der Waals surface area contributed by atoms with Crippen molar-refractivity contribution < 1.29 is 9.53 Å². The summed E-state index contributed by atoms with van der Waals surface area (Å²) in [5, 5.41) is 0. The highest BCUT2D eigenvalue weighted by Crippen LogP contribution is 2.28. The molecule has 4 heteroatoms. The van der Waals surface area contributed by atoms with E-state index in [4.69, 9.17) is 10.5 Å². The van der Waals surface area contributed by atoms with E-state index >= 15 is 0 Å². The molecule has 0 amide bonds. The number of esters is 1. The van der Waals surface area contributed by atoms with Crippen LogP contribution in [0.3, 0.4) is 0 Å². The summed E-state index contributed by atoms with van der Waals surface area (Å²) >= 11 is 0. The maximum absolute atomic E-state index is 11.6. The Labute approximate surface area is 108 Å². The van der Waals surface area contributed by atoms with Crippen molar-refractivity contribution in [2.75, 3.05) is 18.9 Å². The smallest absolute Gasteiger partial charge is 0.320 e. The molecule has 1 aromatic rings. The first-order valence-corrected chi connectivity index (χ1v) is 6.43. The van der Waals surface area contributed by atoms with Crippen LogP contribution in [0.4, 0.5) is 5.69 Å². The van der Waals surface area contributed by atoms with Crippen LogP contribution in [0.1, 0.15) is 25.3 Å². The molecular weight excluding hydrogens is 228 g/mol. The monoisotopic (exact) mass is 248 g/mol. The first kappa shape index (κ1) is 12.9. The van der Waals surface area contributed by atoms with Crippen molar-refractivity contribution >= 4 is 11.7 Å². The topological polar surface area (TPSA) is 55.6 Å². The van der Waals surface area contributed by atoms with Gasteiger partial charge in [0.05, 0.1) is 13.2 Å². The van der Waals surface area contributed by atoms with E-state index < -0.39 is 0 Å². The fourth-order valence-electron chi connectivity index (χ4n) is 2.05. The second-order valence-electron chi connectivity index (χ2n) is 4.69. The number of ether oxygens (including phenoxy) is 1. The molecular formula is C14H20N2O2. The van der Waals surface area contributed by atoms with Gasteiger partial charge in [-0.15, -0.1) is 0 Å². The van der Waals surface area contributed by atoms with Crippen LogP contribution in [0.25, 0.3) is 0 Å². The minimum Gasteiger partial charge on any atom is -0.465 e. The summed E-state index contributed by atoms with van der Waals surface area (Å²) in [6, 6.07) is 8.34. The van der Waals surface area contributed by atoms with Crippen molar-refractivity contribution in [3.63, 3.8) is 0 Å². The van der Waals surface area contributed by atoms with Crippen molar-refractivity contribution in [3.05, 3.63) is 29.8 Å². The van der Waals surface area contributed by atoms with E-state index in [9.17, 15) is 4.79 Å². The zero-order valence-corrected chi connectivity index (χ0v) is 10.8. The van der Waals surface area contributed by atoms with E-state index in [1.54, 1.807) is 0 Å². The van der Waals surface area contributed by atoms with E-state index in [1.165, 1.54) is 12.8 Å². The second-order valence-corrected chi connectivity index (χ2v) is 4.69. The van der Waals surface area contributed by atoms with Crippen molar-refractivity contribution in [2.45, 2.75) is 32.4 Å². The third kappa shape index (κ3) is 3.74. The van der Waals surface area contributed by atoms with Gasteiger partial charge in [-0.05, 0) is 37.5 Å². The second kappa shape index (κ2) is 5.87. The Morgan fingerprint density at radius 2 is 2.28 bits per heavy atom. The van der Waals surface area contributed by atoms with Gasteiger partial charge in [0, 0.05) is 18.3 Å². The Hall–Kier alpha value is -1.55. The molecule has 0 heterocycles. The highest BCUT2D eigenvalue weighted by Gasteiger charge is 2.30. The Kier molecular flexibility index (Phi) is 4.20. The number of carbonyl (C=O) groups is 1. The number of hydrogen-bond acceptors (Lipinski definition) is 4. The van der Waals surface area contributed by atoms with Crippen LogP contribution >= 0.6 is 0 Å². The number of carbonyl (C=O) groups excluding carboxylic acids is 1. The normalized spacial score (nSPS) is 14.8. The van der Waals surface area contributed by atoms with Gasteiger partial charge >= 0.3 is 5.97 Å². The van der Waals surface area contributed by atoms with Crippen molar-refractivity contribution in [2.24, 2.45) is 0 Å². The van der Waals surface area contributed by atoms with Gasteiger partial charge in [0.25, 0.3) is 0 Å². The van der Waals surface area contributed by atoms with Gasteiger partial charge in [-0.1, -0.05) is 12.1 Å². The maximum atomic E-state index is 11.6. The van der Waals surface area contributed by atoms with Crippen LogP contribution in [0.5, 0.6) is 0 Å². The molecule has 0 unspecified atom stereocenters. The van der Waals surface area contributed by atoms with Crippen molar-refractivity contribution in [1.29, 1.82) is 0 Å². The van der Waals surface area contributed by atoms with Crippen LogP contribution in [0.2, 0.25) is 0 Å². The van der Waals surface area contributed by atoms with Crippen LogP contribution < -0.4 is 5.73 Å². The molecule has 0 aromatic heterocycles. The summed E-state index contributed by atoms with van der Waals surface area (Å²) in [4.78, 5) is 13.7. The van der Waals surface area contributed by atoms with Crippen molar-refractivity contribution in [3.8, 4) is 0 Å². The summed E-state index contributed by atoms with van der Waals surface area (Å²) in [7, 11) is 0. The number of nitrogen functional groups attached to an aromatic ring is 1. The standard InChI is InChI=1S/C14H20N2O2/c1-2-18-14(17)10-16(13-6-7-13)9-11-4-3-5-12(15)8-11/h3-5,8,13H,2,6-7,9-10,15H2,1H3. The molecule has 0 spiro atoms. The molecule has 2 rings (SSSR count). The van der Waals surface area contributed by atoms with E-state index in [0.29, 0.717) is 19.2 Å². The molecule has 0 radical (unpaired) electrons. The molecule has 1 aliphatic rings. The first-order chi connectivity index (χ1) is 8.69. The number of nitrogens with two attached hydrogens (primary N) is 1. The van der Waals surface area contributed by atoms with E-state index in [1.807, 2.05) is 31.2 Å². The molecule has 0 saturated heterocycles. The predicted molar refractivity (Wildman–Crippen MR) is 70.9 cm³/mol. The Morgan fingerprint density at radius 3 is 2.89 bits per heavy atom. The minimum atomic E-state index is -0.145. The number of hydrogen-bond donors (Lipinski definition) is 1. The van der Waals surface area contributed by atoms with Gasteiger partial charge in [-0.2, -0.15) is 0 Å². The molecule has 98 valence electrons. The predicted octanol–water partition coefficient (Wildman–Crippen LogP) is 1.80. The molecule has 0 aliphatic heterocycles. The summed E-state index contributed by atoms with van der Waals surface area (Å²) in [5.74, 6) is -0.145. The van der Waals surface area contributed by atoms with Gasteiger partial charge < -0.3 is 10.5 Å². The Bertz CT molecular complexity index is 416. The largest absolute Gasteiger partial charge is 0.465 e. The number of nitrogens with zero attached hydrogens (tertiary/aromatic N) is 1. The lowest BCUT2D eigenvalue weighted by Crippen LogP contribution is -2.32. The Balaban J connectivity index is 1.96. The molecule has 1 saturated carbocycles. The third-order valence-corrected chi connectivity index (χ3v) is 3.04. The molecule has 18 heavy (non-hydrogen) atoms. The minimum absolute atomic E-state index is 0.145. The Morgan fingerprint density at radius 1 is 1.50 bits per heavy atom. The molecule has 0 atom stereocenters. The lowest BCUT2D eigenvalue weighted by atomic mass is 10.2. The molecule has 1 aliphatic carbocycles. The first-order valence-electron chi connectivity index (χ1n) is 6.43. The quantitative estimate of drug-likeness (QED) is 0.616. The summed E-state index contributed by atoms with van der Waals surface area (Å²) in [6.07, 6.45) is 2.34. The van der Waals surface area contributed by atoms with E-state index in [0.717, 1.165) is 17.8 Å². The van der Waals surface area contributed by atoms with Gasteiger partial charge in [0.1, 0.15) is 0 Å². The fraction of sp³-hybridized carbons (Fsp3) is 0.500. The van der Waals surface area contributed by atoms with Gasteiger partial charge in [-0.3, -0.25) is 9.69 Å². The number of benzene rings is 1. The zero-order chi connectivity index (χ0) is 13.0. The number of rotatable bonds is 6. The molecule has 4 nitrogen and oxygen atoms in total. The van der Waals surface area contributed by atoms with Gasteiger partial charge in [0.15, 0.2) is 0 Å². The molecule has 1 fully saturated rings. The van der Waals surface area contributed by atoms with Crippen molar-refractivity contribution in [1.82, 2.24) is 4.90 Å². The molecule has 1 aromatic carbocycles. The van der Waals surface area contributed by atoms with Crippen LogP contribution in [-0.4, -0.2) is 30.1 Å². The molecule has 0 bridgehead atoms. The molecule has 2 N–H and O–H groups in total. The van der Waals surface area contributed by atoms with E-state index in [2.05, 4.69) is 4.90 Å².